The van der Waals surface area contributed by atoms with Crippen LogP contribution in [0.15, 0.2) is 0 Å². The number of carbonyl (C=O) groups excluding carboxylic acids is 2. The highest BCUT2D eigenvalue weighted by atomic mass is 16.5. The average Bonchev–Trinajstić information content (AvgIpc) is 3.29. The van der Waals surface area contributed by atoms with Gasteiger partial charge in [0.05, 0.1) is 39.6 Å². The second kappa shape index (κ2) is 16.0. The molecule has 0 spiro atoms. The monoisotopic (exact) mass is 410 g/mol. The van der Waals surface area contributed by atoms with E-state index in [1.54, 1.807) is 0 Å². The van der Waals surface area contributed by atoms with E-state index >= 15 is 0 Å². The Kier molecular flexibility index (Phi) is 13.5. The molecule has 0 aromatic heterocycles. The summed E-state index contributed by atoms with van der Waals surface area (Å²) in [5.41, 5.74) is 0. The van der Waals surface area contributed by atoms with E-state index in [1.807, 2.05) is 0 Å². The van der Waals surface area contributed by atoms with Crippen molar-refractivity contribution in [1.82, 2.24) is 0 Å². The van der Waals surface area contributed by atoms with Gasteiger partial charge in [-0.05, 0) is 25.7 Å². The first kappa shape index (κ1) is 24.5. The minimum absolute atomic E-state index is 0.255. The lowest BCUT2D eigenvalue weighted by Gasteiger charge is -2.14. The summed E-state index contributed by atoms with van der Waals surface area (Å²) in [5.74, 6) is 1.29. The van der Waals surface area contributed by atoms with E-state index in [2.05, 4.69) is 0 Å². The van der Waals surface area contributed by atoms with Gasteiger partial charge < -0.3 is 14.2 Å². The van der Waals surface area contributed by atoms with Gasteiger partial charge in [-0.1, -0.05) is 51.4 Å². The molecule has 5 nitrogen and oxygen atoms in total. The Balaban J connectivity index is 1.36. The highest BCUT2D eigenvalue weighted by Gasteiger charge is 2.22. The van der Waals surface area contributed by atoms with Crippen LogP contribution >= 0.6 is 0 Å². The summed E-state index contributed by atoms with van der Waals surface area (Å²) in [6, 6.07) is 0. The van der Waals surface area contributed by atoms with Gasteiger partial charge in [0.2, 0.25) is 0 Å². The average molecular weight is 411 g/mol. The van der Waals surface area contributed by atoms with Crippen molar-refractivity contribution in [1.29, 1.82) is 0 Å². The third-order valence-electron chi connectivity index (χ3n) is 6.35. The normalized spacial score (nSPS) is 19.6. The molecule has 5 heteroatoms. The van der Waals surface area contributed by atoms with Crippen LogP contribution in [0.2, 0.25) is 0 Å². The summed E-state index contributed by atoms with van der Waals surface area (Å²) < 4.78 is 16.5. The van der Waals surface area contributed by atoms with Crippen LogP contribution in [-0.4, -0.2) is 51.2 Å². The maximum atomic E-state index is 12.4. The molecule has 0 radical (unpaired) electrons. The van der Waals surface area contributed by atoms with Gasteiger partial charge in [0, 0.05) is 24.7 Å². The molecule has 2 fully saturated rings. The van der Waals surface area contributed by atoms with Gasteiger partial charge in [-0.3, -0.25) is 9.59 Å². The summed E-state index contributed by atoms with van der Waals surface area (Å²) in [7, 11) is 0. The van der Waals surface area contributed by atoms with Gasteiger partial charge in [-0.15, -0.1) is 0 Å². The molecule has 2 saturated carbocycles. The lowest BCUT2D eigenvalue weighted by atomic mass is 9.91. The Morgan fingerprint density at radius 3 is 1.21 bits per heavy atom. The van der Waals surface area contributed by atoms with Crippen LogP contribution in [0.4, 0.5) is 0 Å². The molecule has 2 aliphatic carbocycles. The molecule has 0 aliphatic heterocycles. The van der Waals surface area contributed by atoms with E-state index in [9.17, 15) is 9.59 Å². The van der Waals surface area contributed by atoms with Crippen molar-refractivity contribution in [3.63, 3.8) is 0 Å². The lowest BCUT2D eigenvalue weighted by molar-refractivity contribution is -0.125. The van der Waals surface area contributed by atoms with Gasteiger partial charge in [-0.25, -0.2) is 0 Å². The minimum Gasteiger partial charge on any atom is -0.379 e. The maximum Gasteiger partial charge on any atom is 0.138 e. The SMILES string of the molecule is O=C(CCOCCOCCOCCC(=O)C1CCCC1)C1CCCCCCCC1. The van der Waals surface area contributed by atoms with Crippen LogP contribution in [-0.2, 0) is 23.8 Å². The molecular formula is C24H42O5. The Labute approximate surface area is 177 Å². The van der Waals surface area contributed by atoms with Crippen molar-refractivity contribution in [2.24, 2.45) is 11.8 Å². The molecule has 29 heavy (non-hydrogen) atoms. The number of hydrogen-bond acceptors (Lipinski definition) is 5. The fourth-order valence-electron chi connectivity index (χ4n) is 4.50. The van der Waals surface area contributed by atoms with E-state index in [0.29, 0.717) is 64.0 Å². The summed E-state index contributed by atoms with van der Waals surface area (Å²) in [5, 5.41) is 0. The van der Waals surface area contributed by atoms with Gasteiger partial charge in [0.1, 0.15) is 11.6 Å². The van der Waals surface area contributed by atoms with Gasteiger partial charge in [-0.2, -0.15) is 0 Å². The van der Waals surface area contributed by atoms with Gasteiger partial charge in [0.25, 0.3) is 0 Å². The molecule has 0 amide bonds. The van der Waals surface area contributed by atoms with Crippen molar-refractivity contribution < 1.29 is 23.8 Å². The van der Waals surface area contributed by atoms with Crippen molar-refractivity contribution in [2.45, 2.75) is 89.9 Å². The maximum absolute atomic E-state index is 12.4. The Bertz CT molecular complexity index is 435. The predicted octanol–water partition coefficient (Wildman–Crippen LogP) is 4.90. The van der Waals surface area contributed by atoms with E-state index in [1.165, 1.54) is 51.4 Å². The van der Waals surface area contributed by atoms with Crippen molar-refractivity contribution in [3.8, 4) is 0 Å². The number of carbonyl (C=O) groups is 2. The van der Waals surface area contributed by atoms with Crippen LogP contribution in [0, 0.1) is 11.8 Å². The third-order valence-corrected chi connectivity index (χ3v) is 6.35. The topological polar surface area (TPSA) is 61.8 Å². The molecule has 168 valence electrons. The summed E-state index contributed by atoms with van der Waals surface area (Å²) in [4.78, 5) is 24.3. The summed E-state index contributed by atoms with van der Waals surface area (Å²) >= 11 is 0. The molecule has 0 heterocycles. The molecule has 2 aliphatic rings. The summed E-state index contributed by atoms with van der Waals surface area (Å²) in [6.07, 6.45) is 15.3. The molecule has 0 N–H and O–H groups in total. The molecule has 0 aromatic carbocycles. The number of hydrogen-bond donors (Lipinski definition) is 0. The second-order valence-electron chi connectivity index (χ2n) is 8.65. The van der Waals surface area contributed by atoms with Crippen LogP contribution in [0.3, 0.4) is 0 Å². The Morgan fingerprint density at radius 1 is 0.483 bits per heavy atom. The van der Waals surface area contributed by atoms with Crippen LogP contribution in [0.25, 0.3) is 0 Å². The van der Waals surface area contributed by atoms with Crippen molar-refractivity contribution >= 4 is 11.6 Å². The smallest absolute Gasteiger partial charge is 0.138 e. The number of Topliss-reactive ketones (excluding diaryl/α,β-unsaturated/α-hetero) is 2. The standard InChI is InChI=1S/C24H42O5/c25-23(21-9-5-3-1-2-4-6-10-21)13-15-27-17-19-29-20-18-28-16-14-24(26)22-11-7-8-12-22/h21-22H,1-20H2. The molecule has 0 unspecified atom stereocenters. The third kappa shape index (κ3) is 11.3. The van der Waals surface area contributed by atoms with E-state index < -0.39 is 0 Å². The fourth-order valence-corrected chi connectivity index (χ4v) is 4.50. The Morgan fingerprint density at radius 2 is 0.793 bits per heavy atom. The zero-order chi connectivity index (χ0) is 20.6. The first-order valence-electron chi connectivity index (χ1n) is 12.1. The fraction of sp³-hybridized carbons (Fsp3) is 0.917. The highest BCUT2D eigenvalue weighted by molar-refractivity contribution is 5.81. The molecule has 0 atom stereocenters. The van der Waals surface area contributed by atoms with E-state index in [0.717, 1.165) is 25.7 Å². The summed E-state index contributed by atoms with van der Waals surface area (Å²) in [6.45, 7) is 3.05. The molecular weight excluding hydrogens is 368 g/mol. The lowest BCUT2D eigenvalue weighted by Crippen LogP contribution is -2.18. The van der Waals surface area contributed by atoms with Crippen LogP contribution in [0.5, 0.6) is 0 Å². The number of rotatable bonds is 14. The molecule has 0 bridgehead atoms. The zero-order valence-electron chi connectivity index (χ0n) is 18.3. The second-order valence-corrected chi connectivity index (χ2v) is 8.65. The van der Waals surface area contributed by atoms with E-state index in [4.69, 9.17) is 14.2 Å². The van der Waals surface area contributed by atoms with Crippen LogP contribution < -0.4 is 0 Å². The first-order valence-corrected chi connectivity index (χ1v) is 12.1. The predicted molar refractivity (Wildman–Crippen MR) is 114 cm³/mol. The largest absolute Gasteiger partial charge is 0.379 e. The molecule has 2 rings (SSSR count). The quantitative estimate of drug-likeness (QED) is 0.381. The number of ketones is 2. The van der Waals surface area contributed by atoms with Crippen molar-refractivity contribution in [2.75, 3.05) is 39.6 Å². The van der Waals surface area contributed by atoms with Crippen LogP contribution in [0.1, 0.15) is 89.9 Å². The zero-order valence-corrected chi connectivity index (χ0v) is 18.3. The van der Waals surface area contributed by atoms with Crippen molar-refractivity contribution in [3.05, 3.63) is 0 Å². The van der Waals surface area contributed by atoms with Gasteiger partial charge in [0.15, 0.2) is 0 Å². The Hall–Kier alpha value is -0.780. The molecule has 0 aromatic rings. The highest BCUT2D eigenvalue weighted by Crippen LogP contribution is 2.26. The van der Waals surface area contributed by atoms with E-state index in [-0.39, 0.29) is 11.8 Å². The molecule has 0 saturated heterocycles. The number of ether oxygens (including phenoxy) is 3. The minimum atomic E-state index is 0.255. The first-order chi connectivity index (χ1) is 14.3. The van der Waals surface area contributed by atoms with Gasteiger partial charge >= 0.3 is 0 Å².